The van der Waals surface area contributed by atoms with Crippen molar-refractivity contribution in [2.24, 2.45) is 0 Å². The molecule has 3 aromatic rings. The van der Waals surface area contributed by atoms with Gasteiger partial charge in [-0.2, -0.15) is 0 Å². The van der Waals surface area contributed by atoms with E-state index in [1.807, 2.05) is 0 Å². The molecule has 5 nitrogen and oxygen atoms in total. The van der Waals surface area contributed by atoms with Gasteiger partial charge in [-0.1, -0.05) is 40.9 Å². The lowest BCUT2D eigenvalue weighted by molar-refractivity contribution is -0.144. The first-order valence-corrected chi connectivity index (χ1v) is 8.32. The molecule has 128 valence electrons. The Bertz CT molecular complexity index is 894. The zero-order valence-corrected chi connectivity index (χ0v) is 15.0. The van der Waals surface area contributed by atoms with Crippen molar-refractivity contribution in [1.82, 2.24) is 10.2 Å². The maximum Gasteiger partial charge on any atom is 0.310 e. The van der Waals surface area contributed by atoms with Gasteiger partial charge in [0.15, 0.2) is 6.61 Å². The van der Waals surface area contributed by atoms with Crippen molar-refractivity contribution in [2.75, 3.05) is 0 Å². The second-order valence-electron chi connectivity index (χ2n) is 5.08. The minimum atomic E-state index is -0.463. The van der Waals surface area contributed by atoms with E-state index in [4.69, 9.17) is 44.0 Å². The number of hydrogen-bond donors (Lipinski definition) is 0. The minimum Gasteiger partial charge on any atom is -0.455 e. The topological polar surface area (TPSA) is 65.2 Å². The third-order valence-corrected chi connectivity index (χ3v) is 4.10. The first kappa shape index (κ1) is 17.7. The SMILES string of the molecule is O=C(Cc1ccc(Cl)cc1Cl)OCc1nnc(-c2ccc(Cl)cc2)o1. The van der Waals surface area contributed by atoms with E-state index in [9.17, 15) is 4.79 Å². The van der Waals surface area contributed by atoms with Gasteiger partial charge in [0, 0.05) is 20.6 Å². The summed E-state index contributed by atoms with van der Waals surface area (Å²) >= 11 is 17.7. The monoisotopic (exact) mass is 396 g/mol. The molecule has 1 aromatic heterocycles. The van der Waals surface area contributed by atoms with Gasteiger partial charge in [-0.25, -0.2) is 0 Å². The molecule has 8 heteroatoms. The predicted molar refractivity (Wildman–Crippen MR) is 94.7 cm³/mol. The van der Waals surface area contributed by atoms with E-state index in [0.717, 1.165) is 5.56 Å². The summed E-state index contributed by atoms with van der Waals surface area (Å²) in [6.07, 6.45) is 0.0220. The van der Waals surface area contributed by atoms with E-state index in [2.05, 4.69) is 10.2 Å². The van der Waals surface area contributed by atoms with Crippen molar-refractivity contribution in [1.29, 1.82) is 0 Å². The fourth-order valence-corrected chi connectivity index (χ4v) is 2.64. The van der Waals surface area contributed by atoms with Gasteiger partial charge < -0.3 is 9.15 Å². The largest absolute Gasteiger partial charge is 0.455 e. The lowest BCUT2D eigenvalue weighted by Gasteiger charge is -2.04. The highest BCUT2D eigenvalue weighted by molar-refractivity contribution is 6.35. The Balaban J connectivity index is 1.58. The first-order valence-electron chi connectivity index (χ1n) is 7.19. The second-order valence-corrected chi connectivity index (χ2v) is 6.36. The molecule has 0 saturated heterocycles. The molecular formula is C17H11Cl3N2O3. The molecule has 0 amide bonds. The van der Waals surface area contributed by atoms with Crippen molar-refractivity contribution in [3.8, 4) is 11.5 Å². The van der Waals surface area contributed by atoms with Crippen molar-refractivity contribution < 1.29 is 13.9 Å². The van der Waals surface area contributed by atoms with E-state index in [1.165, 1.54) is 0 Å². The van der Waals surface area contributed by atoms with Gasteiger partial charge in [-0.15, -0.1) is 10.2 Å². The van der Waals surface area contributed by atoms with Crippen LogP contribution in [0.3, 0.4) is 0 Å². The zero-order valence-electron chi connectivity index (χ0n) is 12.7. The average molecular weight is 398 g/mol. The molecule has 0 aliphatic rings. The van der Waals surface area contributed by atoms with Crippen molar-refractivity contribution in [3.63, 3.8) is 0 Å². The first-order chi connectivity index (χ1) is 12.0. The van der Waals surface area contributed by atoms with E-state index < -0.39 is 5.97 Å². The van der Waals surface area contributed by atoms with Crippen LogP contribution in [-0.2, 0) is 22.6 Å². The molecule has 0 aliphatic carbocycles. The molecule has 25 heavy (non-hydrogen) atoms. The van der Waals surface area contributed by atoms with Gasteiger partial charge in [-0.05, 0) is 42.0 Å². The van der Waals surface area contributed by atoms with Gasteiger partial charge in [0.25, 0.3) is 5.89 Å². The molecule has 0 aliphatic heterocycles. The molecule has 0 saturated carbocycles. The number of nitrogens with zero attached hydrogens (tertiary/aromatic N) is 2. The molecule has 2 aromatic carbocycles. The Morgan fingerprint density at radius 3 is 2.44 bits per heavy atom. The van der Waals surface area contributed by atoms with Crippen molar-refractivity contribution >= 4 is 40.8 Å². The van der Waals surface area contributed by atoms with Crippen LogP contribution in [0.4, 0.5) is 0 Å². The summed E-state index contributed by atoms with van der Waals surface area (Å²) in [6.45, 7) is -0.120. The molecule has 0 radical (unpaired) electrons. The van der Waals surface area contributed by atoms with E-state index in [-0.39, 0.29) is 18.9 Å². The lowest BCUT2D eigenvalue weighted by Crippen LogP contribution is -2.08. The zero-order chi connectivity index (χ0) is 17.8. The number of benzene rings is 2. The molecule has 0 unspecified atom stereocenters. The van der Waals surface area contributed by atoms with Crippen molar-refractivity contribution in [3.05, 3.63) is 69.0 Å². The normalized spacial score (nSPS) is 10.7. The van der Waals surface area contributed by atoms with Gasteiger partial charge in [0.05, 0.1) is 6.42 Å². The standard InChI is InChI=1S/C17H11Cl3N2O3/c18-12-4-1-10(2-5-12)17-22-21-15(25-17)9-24-16(23)7-11-3-6-13(19)8-14(11)20/h1-6,8H,7,9H2. The van der Waals surface area contributed by atoms with Crippen LogP contribution < -0.4 is 0 Å². The van der Waals surface area contributed by atoms with Crippen LogP contribution in [0.25, 0.3) is 11.5 Å². The van der Waals surface area contributed by atoms with Gasteiger partial charge in [-0.3, -0.25) is 4.79 Å². The van der Waals surface area contributed by atoms with Crippen LogP contribution in [0.15, 0.2) is 46.9 Å². The molecule has 0 bridgehead atoms. The third-order valence-electron chi connectivity index (χ3n) is 3.26. The minimum absolute atomic E-state index is 0.0220. The number of esters is 1. The van der Waals surface area contributed by atoms with E-state index in [0.29, 0.717) is 26.5 Å². The Morgan fingerprint density at radius 2 is 1.72 bits per heavy atom. The maximum absolute atomic E-state index is 11.9. The molecule has 3 rings (SSSR count). The number of halogens is 3. The van der Waals surface area contributed by atoms with Crippen LogP contribution in [0, 0.1) is 0 Å². The Morgan fingerprint density at radius 1 is 1.00 bits per heavy atom. The highest BCUT2D eigenvalue weighted by Gasteiger charge is 2.13. The smallest absolute Gasteiger partial charge is 0.310 e. The van der Waals surface area contributed by atoms with E-state index >= 15 is 0 Å². The van der Waals surface area contributed by atoms with Crippen LogP contribution in [0.5, 0.6) is 0 Å². The van der Waals surface area contributed by atoms with Crippen LogP contribution in [0.1, 0.15) is 11.5 Å². The lowest BCUT2D eigenvalue weighted by atomic mass is 10.1. The summed E-state index contributed by atoms with van der Waals surface area (Å²) in [5.41, 5.74) is 1.35. The van der Waals surface area contributed by atoms with Gasteiger partial charge in [0.1, 0.15) is 0 Å². The molecule has 0 fully saturated rings. The van der Waals surface area contributed by atoms with Crippen LogP contribution in [-0.4, -0.2) is 16.2 Å². The number of rotatable bonds is 5. The highest BCUT2D eigenvalue weighted by Crippen LogP contribution is 2.22. The highest BCUT2D eigenvalue weighted by atomic mass is 35.5. The van der Waals surface area contributed by atoms with Gasteiger partial charge >= 0.3 is 5.97 Å². The molecule has 0 atom stereocenters. The molecule has 0 N–H and O–H groups in total. The van der Waals surface area contributed by atoms with Gasteiger partial charge in [0.2, 0.25) is 5.89 Å². The summed E-state index contributed by atoms with van der Waals surface area (Å²) in [7, 11) is 0. The van der Waals surface area contributed by atoms with E-state index in [1.54, 1.807) is 42.5 Å². The molecule has 1 heterocycles. The summed E-state index contributed by atoms with van der Waals surface area (Å²) in [5.74, 6) is 0.0550. The molecule has 0 spiro atoms. The Labute approximate surface area is 158 Å². The quantitative estimate of drug-likeness (QED) is 0.568. The van der Waals surface area contributed by atoms with Crippen LogP contribution in [0.2, 0.25) is 15.1 Å². The summed E-state index contributed by atoms with van der Waals surface area (Å²) in [5, 5.41) is 9.29. The summed E-state index contributed by atoms with van der Waals surface area (Å²) in [4.78, 5) is 11.9. The fraction of sp³-hybridized carbons (Fsp3) is 0.118. The summed E-state index contributed by atoms with van der Waals surface area (Å²) < 4.78 is 10.6. The number of carbonyl (C=O) groups excluding carboxylic acids is 1. The predicted octanol–water partition coefficient (Wildman–Crippen LogP) is 4.98. The Kier molecular flexibility index (Phi) is 5.58. The second kappa shape index (κ2) is 7.87. The number of hydrogen-bond acceptors (Lipinski definition) is 5. The van der Waals surface area contributed by atoms with Crippen LogP contribution >= 0.6 is 34.8 Å². The number of aromatic nitrogens is 2. The number of ether oxygens (including phenoxy) is 1. The van der Waals surface area contributed by atoms with Crippen molar-refractivity contribution in [2.45, 2.75) is 13.0 Å². The average Bonchev–Trinajstić information content (AvgIpc) is 3.05. The number of carbonyl (C=O) groups is 1. The maximum atomic E-state index is 11.9. The summed E-state index contributed by atoms with van der Waals surface area (Å²) in [6, 6.07) is 11.9. The Hall–Kier alpha value is -2.08. The third kappa shape index (κ3) is 4.72. The molecular weight excluding hydrogens is 387 g/mol. The fourth-order valence-electron chi connectivity index (χ4n) is 2.03.